The first-order valence-corrected chi connectivity index (χ1v) is 9.90. The number of methoxy groups -OCH3 is 1. The SMILES string of the molecule is CCc1ccc(-c2nc(CC(=O)Nc3cc(C(=O)OC)ccc3C)cs2)cc1. The van der Waals surface area contributed by atoms with E-state index < -0.39 is 5.97 Å². The smallest absolute Gasteiger partial charge is 0.337 e. The highest BCUT2D eigenvalue weighted by molar-refractivity contribution is 7.13. The minimum Gasteiger partial charge on any atom is -0.465 e. The number of hydrogen-bond acceptors (Lipinski definition) is 5. The Labute approximate surface area is 168 Å². The highest BCUT2D eigenvalue weighted by Crippen LogP contribution is 2.25. The largest absolute Gasteiger partial charge is 0.465 e. The maximum absolute atomic E-state index is 12.5. The fourth-order valence-electron chi connectivity index (χ4n) is 2.76. The van der Waals surface area contributed by atoms with Gasteiger partial charge in [-0.2, -0.15) is 0 Å². The molecule has 0 bridgehead atoms. The summed E-state index contributed by atoms with van der Waals surface area (Å²) in [5.74, 6) is -0.614. The maximum atomic E-state index is 12.5. The van der Waals surface area contributed by atoms with Crippen LogP contribution in [0.3, 0.4) is 0 Å². The molecule has 0 aliphatic rings. The van der Waals surface area contributed by atoms with Gasteiger partial charge in [-0.15, -0.1) is 11.3 Å². The third kappa shape index (κ3) is 4.64. The molecule has 1 aromatic heterocycles. The van der Waals surface area contributed by atoms with Gasteiger partial charge in [-0.05, 0) is 36.6 Å². The lowest BCUT2D eigenvalue weighted by Gasteiger charge is -2.09. The van der Waals surface area contributed by atoms with Crippen molar-refractivity contribution in [1.82, 2.24) is 4.98 Å². The number of rotatable bonds is 6. The van der Waals surface area contributed by atoms with Crippen LogP contribution in [0.15, 0.2) is 47.8 Å². The van der Waals surface area contributed by atoms with Gasteiger partial charge in [0.1, 0.15) is 5.01 Å². The van der Waals surface area contributed by atoms with E-state index in [1.807, 2.05) is 12.3 Å². The lowest BCUT2D eigenvalue weighted by Crippen LogP contribution is -2.16. The molecule has 28 heavy (non-hydrogen) atoms. The van der Waals surface area contributed by atoms with Crippen LogP contribution >= 0.6 is 11.3 Å². The molecule has 0 radical (unpaired) electrons. The number of hydrogen-bond donors (Lipinski definition) is 1. The number of carbonyl (C=O) groups excluding carboxylic acids is 2. The number of esters is 1. The molecule has 144 valence electrons. The lowest BCUT2D eigenvalue weighted by molar-refractivity contribution is -0.115. The highest BCUT2D eigenvalue weighted by Gasteiger charge is 2.13. The predicted octanol–water partition coefficient (Wildman–Crippen LogP) is 4.65. The van der Waals surface area contributed by atoms with Crippen LogP contribution in [0.1, 0.15) is 34.1 Å². The third-order valence-electron chi connectivity index (χ3n) is 4.44. The zero-order chi connectivity index (χ0) is 20.1. The molecule has 3 aromatic rings. The van der Waals surface area contributed by atoms with Gasteiger partial charge >= 0.3 is 5.97 Å². The molecular formula is C22H22N2O3S. The molecular weight excluding hydrogens is 372 g/mol. The van der Waals surface area contributed by atoms with Crippen molar-refractivity contribution >= 4 is 28.9 Å². The third-order valence-corrected chi connectivity index (χ3v) is 5.38. The van der Waals surface area contributed by atoms with Gasteiger partial charge in [-0.3, -0.25) is 4.79 Å². The summed E-state index contributed by atoms with van der Waals surface area (Å²) in [7, 11) is 1.33. The summed E-state index contributed by atoms with van der Waals surface area (Å²) in [6.45, 7) is 4.00. The van der Waals surface area contributed by atoms with Crippen LogP contribution in [0.2, 0.25) is 0 Å². The van der Waals surface area contributed by atoms with Crippen LogP contribution < -0.4 is 5.32 Å². The van der Waals surface area contributed by atoms with E-state index in [9.17, 15) is 9.59 Å². The van der Waals surface area contributed by atoms with Crippen LogP contribution in [0.5, 0.6) is 0 Å². The molecule has 0 fully saturated rings. The number of aromatic nitrogens is 1. The number of anilines is 1. The van der Waals surface area contributed by atoms with E-state index in [-0.39, 0.29) is 12.3 Å². The van der Waals surface area contributed by atoms with E-state index in [1.165, 1.54) is 24.0 Å². The second-order valence-electron chi connectivity index (χ2n) is 6.44. The van der Waals surface area contributed by atoms with Gasteiger partial charge in [-0.1, -0.05) is 37.3 Å². The van der Waals surface area contributed by atoms with Crippen LogP contribution in [0, 0.1) is 6.92 Å². The molecule has 0 aliphatic carbocycles. The zero-order valence-electron chi connectivity index (χ0n) is 16.1. The molecule has 3 rings (SSSR count). The summed E-state index contributed by atoms with van der Waals surface area (Å²) >= 11 is 1.52. The number of amides is 1. The summed E-state index contributed by atoms with van der Waals surface area (Å²) in [5, 5.41) is 5.66. The number of aryl methyl sites for hydroxylation is 2. The van der Waals surface area contributed by atoms with Crippen molar-refractivity contribution in [1.29, 1.82) is 0 Å². The highest BCUT2D eigenvalue weighted by atomic mass is 32.1. The van der Waals surface area contributed by atoms with Crippen LogP contribution in [-0.4, -0.2) is 24.0 Å². The Balaban J connectivity index is 1.69. The number of nitrogens with one attached hydrogen (secondary N) is 1. The Bertz CT molecular complexity index is 993. The van der Waals surface area contributed by atoms with Gasteiger partial charge in [0.15, 0.2) is 0 Å². The quantitative estimate of drug-likeness (QED) is 0.618. The molecule has 0 aliphatic heterocycles. The number of benzene rings is 2. The minimum absolute atomic E-state index is 0.172. The van der Waals surface area contributed by atoms with Crippen LogP contribution in [-0.2, 0) is 22.4 Å². The Kier molecular flexibility index (Phi) is 6.21. The Morgan fingerprint density at radius 3 is 2.57 bits per heavy atom. The van der Waals surface area contributed by atoms with E-state index in [2.05, 4.69) is 41.5 Å². The summed E-state index contributed by atoms with van der Waals surface area (Å²) < 4.78 is 4.73. The van der Waals surface area contributed by atoms with Gasteiger partial charge in [0.05, 0.1) is 24.8 Å². The Hall–Kier alpha value is -2.99. The summed E-state index contributed by atoms with van der Waals surface area (Å²) in [5.41, 5.74) is 4.92. The number of nitrogens with zero attached hydrogens (tertiary/aromatic N) is 1. The minimum atomic E-state index is -0.436. The van der Waals surface area contributed by atoms with E-state index in [0.717, 1.165) is 28.2 Å². The second-order valence-corrected chi connectivity index (χ2v) is 7.30. The summed E-state index contributed by atoms with van der Waals surface area (Å²) in [6.07, 6.45) is 1.17. The molecule has 1 amide bonds. The molecule has 2 aromatic carbocycles. The number of carbonyl (C=O) groups is 2. The van der Waals surface area contributed by atoms with Crippen molar-refractivity contribution in [2.24, 2.45) is 0 Å². The predicted molar refractivity (Wildman–Crippen MR) is 112 cm³/mol. The van der Waals surface area contributed by atoms with Gasteiger partial charge in [0.25, 0.3) is 0 Å². The second kappa shape index (κ2) is 8.80. The fourth-order valence-corrected chi connectivity index (χ4v) is 3.59. The van der Waals surface area contributed by atoms with E-state index in [4.69, 9.17) is 4.74 Å². The first-order chi connectivity index (χ1) is 13.5. The monoisotopic (exact) mass is 394 g/mol. The molecule has 1 heterocycles. The molecule has 0 spiro atoms. The summed E-state index contributed by atoms with van der Waals surface area (Å²) in [4.78, 5) is 28.7. The van der Waals surface area contributed by atoms with Crippen molar-refractivity contribution < 1.29 is 14.3 Å². The van der Waals surface area contributed by atoms with E-state index in [0.29, 0.717) is 11.3 Å². The first-order valence-electron chi connectivity index (χ1n) is 9.02. The Morgan fingerprint density at radius 2 is 1.89 bits per heavy atom. The Morgan fingerprint density at radius 1 is 1.14 bits per heavy atom. The van der Waals surface area contributed by atoms with Crippen LogP contribution in [0.25, 0.3) is 10.6 Å². The van der Waals surface area contributed by atoms with Gasteiger partial charge < -0.3 is 10.1 Å². The molecule has 0 atom stereocenters. The molecule has 0 saturated heterocycles. The van der Waals surface area contributed by atoms with Gasteiger partial charge in [-0.25, -0.2) is 9.78 Å². The van der Waals surface area contributed by atoms with Crippen LogP contribution in [0.4, 0.5) is 5.69 Å². The molecule has 0 saturated carbocycles. The maximum Gasteiger partial charge on any atom is 0.337 e. The standard InChI is InChI=1S/C22H22N2O3S/c1-4-15-6-9-16(10-7-15)21-23-18(13-28-21)12-20(25)24-19-11-17(22(26)27-3)8-5-14(19)2/h5-11,13H,4,12H2,1-3H3,(H,24,25). The molecule has 6 heteroatoms. The molecule has 0 unspecified atom stereocenters. The van der Waals surface area contributed by atoms with Crippen molar-refractivity contribution in [2.45, 2.75) is 26.7 Å². The summed E-state index contributed by atoms with van der Waals surface area (Å²) in [6, 6.07) is 13.4. The van der Waals surface area contributed by atoms with Crippen molar-refractivity contribution in [3.63, 3.8) is 0 Å². The number of thiazole rings is 1. The van der Waals surface area contributed by atoms with E-state index in [1.54, 1.807) is 18.2 Å². The van der Waals surface area contributed by atoms with Gasteiger partial charge in [0.2, 0.25) is 5.91 Å². The fraction of sp³-hybridized carbons (Fsp3) is 0.227. The average Bonchev–Trinajstić information content (AvgIpc) is 3.17. The number of ether oxygens (including phenoxy) is 1. The molecule has 5 nitrogen and oxygen atoms in total. The van der Waals surface area contributed by atoms with E-state index >= 15 is 0 Å². The van der Waals surface area contributed by atoms with Crippen molar-refractivity contribution in [3.05, 3.63) is 70.2 Å². The topological polar surface area (TPSA) is 68.3 Å². The lowest BCUT2D eigenvalue weighted by atomic mass is 10.1. The molecule has 1 N–H and O–H groups in total. The van der Waals surface area contributed by atoms with Gasteiger partial charge in [0, 0.05) is 16.6 Å². The van der Waals surface area contributed by atoms with Crippen molar-refractivity contribution in [2.75, 3.05) is 12.4 Å². The van der Waals surface area contributed by atoms with Crippen molar-refractivity contribution in [3.8, 4) is 10.6 Å². The normalized spacial score (nSPS) is 10.5. The first kappa shape index (κ1) is 19.8. The average molecular weight is 394 g/mol. The zero-order valence-corrected chi connectivity index (χ0v) is 16.9.